The molecule has 140 valence electrons. The van der Waals surface area contributed by atoms with Gasteiger partial charge in [0.15, 0.2) is 5.69 Å². The summed E-state index contributed by atoms with van der Waals surface area (Å²) in [5.41, 5.74) is -0.0805. The lowest BCUT2D eigenvalue weighted by molar-refractivity contribution is -0.105. The highest BCUT2D eigenvalue weighted by Crippen LogP contribution is 2.32. The summed E-state index contributed by atoms with van der Waals surface area (Å²) in [6.45, 7) is 0. The number of hydrogen-bond donors (Lipinski definition) is 1. The van der Waals surface area contributed by atoms with Gasteiger partial charge in [0.1, 0.15) is 0 Å². The van der Waals surface area contributed by atoms with Crippen molar-refractivity contribution >= 4 is 34.1 Å². The minimum atomic E-state index is -4.32. The Morgan fingerprint density at radius 2 is 1.74 bits per heavy atom. The first-order chi connectivity index (χ1) is 12.8. The second-order valence-electron chi connectivity index (χ2n) is 5.68. The van der Waals surface area contributed by atoms with E-state index in [9.17, 15) is 22.8 Å². The average molecular weight is 393 g/mol. The van der Waals surface area contributed by atoms with Crippen LogP contribution in [0.25, 0.3) is 10.8 Å². The number of thioether (sulfide) groups is 1. The summed E-state index contributed by atoms with van der Waals surface area (Å²) in [4.78, 5) is 25.2. The molecular formula is C18H14F3N3O2S. The van der Waals surface area contributed by atoms with Crippen molar-refractivity contribution in [1.82, 2.24) is 9.78 Å². The number of nitrogens with one attached hydrogen (secondary N) is 1. The van der Waals surface area contributed by atoms with Gasteiger partial charge in [0.2, 0.25) is 0 Å². The Bertz CT molecular complexity index is 1060. The van der Waals surface area contributed by atoms with Gasteiger partial charge < -0.3 is 5.32 Å². The van der Waals surface area contributed by atoms with Crippen molar-refractivity contribution in [3.63, 3.8) is 0 Å². The molecule has 3 rings (SSSR count). The van der Waals surface area contributed by atoms with Crippen molar-refractivity contribution in [2.75, 3.05) is 11.1 Å². The van der Waals surface area contributed by atoms with Gasteiger partial charge in [-0.25, -0.2) is 4.68 Å². The molecule has 1 amide bonds. The summed E-state index contributed by atoms with van der Waals surface area (Å²) in [5, 5.41) is 7.32. The summed E-state index contributed by atoms with van der Waals surface area (Å²) in [5.74, 6) is -1.68. The fourth-order valence-electron chi connectivity index (χ4n) is 2.50. The topological polar surface area (TPSA) is 64.0 Å². The van der Waals surface area contributed by atoms with Gasteiger partial charge in [-0.2, -0.15) is 18.3 Å². The molecule has 0 radical (unpaired) electrons. The Morgan fingerprint density at radius 1 is 1.11 bits per heavy atom. The molecule has 5 nitrogen and oxygen atoms in total. The molecule has 3 aromatic rings. The molecule has 0 unspecified atom stereocenters. The molecule has 0 aliphatic rings. The number of amides is 1. The maximum atomic E-state index is 12.7. The monoisotopic (exact) mass is 393 g/mol. The maximum Gasteiger partial charge on any atom is 0.398 e. The van der Waals surface area contributed by atoms with Gasteiger partial charge >= 0.3 is 6.18 Å². The summed E-state index contributed by atoms with van der Waals surface area (Å²) in [7, 11) is 1.43. The van der Waals surface area contributed by atoms with Crippen molar-refractivity contribution in [1.29, 1.82) is 0 Å². The molecule has 1 N–H and O–H groups in total. The summed E-state index contributed by atoms with van der Waals surface area (Å²) in [6.07, 6.45) is -4.32. The molecule has 1 heterocycles. The standard InChI is InChI=1S/C18H14F3N3O2S/c1-24-17(26)12-7-3-2-6-11(12)15(23-24)16(25)22-13-8-4-5-9-14(13)27-10-18(19,20)21/h2-9H,10H2,1H3,(H,22,25). The minimum Gasteiger partial charge on any atom is -0.320 e. The van der Waals surface area contributed by atoms with Crippen LogP contribution in [0, 0.1) is 0 Å². The third-order valence-corrected chi connectivity index (χ3v) is 4.84. The van der Waals surface area contributed by atoms with E-state index in [4.69, 9.17) is 0 Å². The van der Waals surface area contributed by atoms with Gasteiger partial charge in [0.25, 0.3) is 11.5 Å². The van der Waals surface area contributed by atoms with Crippen LogP contribution in [-0.2, 0) is 7.05 Å². The number of nitrogens with zero attached hydrogens (tertiary/aromatic N) is 2. The molecule has 0 spiro atoms. The molecule has 0 atom stereocenters. The molecule has 27 heavy (non-hydrogen) atoms. The van der Waals surface area contributed by atoms with E-state index in [1.54, 1.807) is 36.4 Å². The lowest BCUT2D eigenvalue weighted by atomic mass is 10.1. The maximum absolute atomic E-state index is 12.7. The summed E-state index contributed by atoms with van der Waals surface area (Å²) in [6, 6.07) is 12.8. The molecule has 1 aromatic heterocycles. The van der Waals surface area contributed by atoms with Crippen molar-refractivity contribution in [3.05, 3.63) is 64.6 Å². The minimum absolute atomic E-state index is 0.0170. The van der Waals surface area contributed by atoms with Crippen LogP contribution in [0.15, 0.2) is 58.2 Å². The van der Waals surface area contributed by atoms with Gasteiger partial charge in [-0.1, -0.05) is 30.3 Å². The van der Waals surface area contributed by atoms with E-state index in [-0.39, 0.29) is 21.8 Å². The highest BCUT2D eigenvalue weighted by molar-refractivity contribution is 7.99. The number of benzene rings is 2. The first kappa shape index (κ1) is 19.0. The number of fused-ring (bicyclic) bond motifs is 1. The fourth-order valence-corrected chi connectivity index (χ4v) is 3.27. The van der Waals surface area contributed by atoms with Gasteiger partial charge in [-0.05, 0) is 18.2 Å². The van der Waals surface area contributed by atoms with Crippen molar-refractivity contribution in [2.24, 2.45) is 7.05 Å². The Hall–Kier alpha value is -2.81. The number of rotatable bonds is 4. The zero-order chi connectivity index (χ0) is 19.6. The average Bonchev–Trinajstić information content (AvgIpc) is 2.63. The van der Waals surface area contributed by atoms with E-state index in [0.29, 0.717) is 22.5 Å². The zero-order valence-corrected chi connectivity index (χ0v) is 14.9. The van der Waals surface area contributed by atoms with Crippen LogP contribution in [0.2, 0.25) is 0 Å². The quantitative estimate of drug-likeness (QED) is 0.684. The third-order valence-electron chi connectivity index (χ3n) is 3.70. The van der Waals surface area contributed by atoms with Gasteiger partial charge in [-0.15, -0.1) is 11.8 Å². The first-order valence-corrected chi connectivity index (χ1v) is 8.81. The number of halogens is 3. The lowest BCUT2D eigenvalue weighted by Gasteiger charge is -2.13. The predicted octanol–water partition coefficient (Wildman–Crippen LogP) is 3.84. The van der Waals surface area contributed by atoms with E-state index < -0.39 is 17.8 Å². The number of hydrogen-bond acceptors (Lipinski definition) is 4. The van der Waals surface area contributed by atoms with E-state index >= 15 is 0 Å². The number of carbonyl (C=O) groups excluding carboxylic acids is 1. The Morgan fingerprint density at radius 3 is 2.44 bits per heavy atom. The smallest absolute Gasteiger partial charge is 0.320 e. The molecule has 9 heteroatoms. The number of alkyl halides is 3. The van der Waals surface area contributed by atoms with Crippen LogP contribution >= 0.6 is 11.8 Å². The van der Waals surface area contributed by atoms with Crippen LogP contribution in [0.4, 0.5) is 18.9 Å². The highest BCUT2D eigenvalue weighted by Gasteiger charge is 2.28. The second kappa shape index (κ2) is 7.43. The molecule has 2 aromatic carbocycles. The van der Waals surface area contributed by atoms with Crippen LogP contribution in [0.1, 0.15) is 10.5 Å². The normalized spacial score (nSPS) is 11.6. The zero-order valence-electron chi connectivity index (χ0n) is 14.1. The highest BCUT2D eigenvalue weighted by atomic mass is 32.2. The van der Waals surface area contributed by atoms with E-state index in [1.165, 1.54) is 19.2 Å². The predicted molar refractivity (Wildman–Crippen MR) is 98.2 cm³/mol. The van der Waals surface area contributed by atoms with Gasteiger partial charge in [0.05, 0.1) is 16.8 Å². The molecule has 0 aliphatic carbocycles. The van der Waals surface area contributed by atoms with Crippen molar-refractivity contribution in [2.45, 2.75) is 11.1 Å². The second-order valence-corrected chi connectivity index (χ2v) is 6.69. The molecular weight excluding hydrogens is 379 g/mol. The SMILES string of the molecule is Cn1nc(C(=O)Nc2ccccc2SCC(F)(F)F)c2ccccc2c1=O. The van der Waals surface area contributed by atoms with Crippen LogP contribution in [-0.4, -0.2) is 27.6 Å². The summed E-state index contributed by atoms with van der Waals surface area (Å²) >= 11 is 0.585. The van der Waals surface area contributed by atoms with E-state index in [1.807, 2.05) is 0 Å². The largest absolute Gasteiger partial charge is 0.398 e. The van der Waals surface area contributed by atoms with Crippen LogP contribution in [0.5, 0.6) is 0 Å². The van der Waals surface area contributed by atoms with Crippen LogP contribution in [0.3, 0.4) is 0 Å². The fraction of sp³-hybridized carbons (Fsp3) is 0.167. The Labute approximate surface area is 156 Å². The Kier molecular flexibility index (Phi) is 5.22. The molecule has 0 fully saturated rings. The van der Waals surface area contributed by atoms with Gasteiger partial charge in [0, 0.05) is 17.3 Å². The van der Waals surface area contributed by atoms with E-state index in [0.717, 1.165) is 4.68 Å². The third kappa shape index (κ3) is 4.30. The lowest BCUT2D eigenvalue weighted by Crippen LogP contribution is -2.25. The molecule has 0 bridgehead atoms. The number of para-hydroxylation sites is 1. The van der Waals surface area contributed by atoms with Crippen molar-refractivity contribution < 1.29 is 18.0 Å². The first-order valence-electron chi connectivity index (χ1n) is 7.82. The van der Waals surface area contributed by atoms with Gasteiger partial charge in [-0.3, -0.25) is 9.59 Å². The molecule has 0 saturated carbocycles. The van der Waals surface area contributed by atoms with Crippen molar-refractivity contribution in [3.8, 4) is 0 Å². The van der Waals surface area contributed by atoms with E-state index in [2.05, 4.69) is 10.4 Å². The number of carbonyl (C=O) groups is 1. The number of anilines is 1. The number of aromatic nitrogens is 2. The molecule has 0 aliphatic heterocycles. The summed E-state index contributed by atoms with van der Waals surface area (Å²) < 4.78 is 38.6. The number of aryl methyl sites for hydroxylation is 1. The van der Waals surface area contributed by atoms with Crippen LogP contribution < -0.4 is 10.9 Å². The Balaban J connectivity index is 1.95. The molecule has 0 saturated heterocycles.